The topological polar surface area (TPSA) is 160 Å². The second-order valence-corrected chi connectivity index (χ2v) is 10.4. The number of amides is 1. The Morgan fingerprint density at radius 1 is 0.974 bits per heavy atom. The van der Waals surface area contributed by atoms with Gasteiger partial charge >= 0.3 is 11.9 Å². The molecular formula is C26H26N2O9S. The number of unbranched alkanes of at least 4 members (excludes halogenated alkanes) is 1. The van der Waals surface area contributed by atoms with Crippen LogP contribution < -0.4 is 14.8 Å². The van der Waals surface area contributed by atoms with E-state index < -0.39 is 27.9 Å². The van der Waals surface area contributed by atoms with Crippen LogP contribution in [0.4, 0.5) is 0 Å². The molecule has 1 amide bonds. The number of aliphatic carboxylic acids is 2. The molecule has 0 bridgehead atoms. The molecule has 0 aliphatic carbocycles. The zero-order valence-electron chi connectivity index (χ0n) is 20.2. The van der Waals surface area contributed by atoms with Crippen LogP contribution in [0.5, 0.6) is 11.5 Å². The Kier molecular flexibility index (Phi) is 8.13. The van der Waals surface area contributed by atoms with Gasteiger partial charge in [0.05, 0.1) is 5.56 Å². The molecule has 38 heavy (non-hydrogen) atoms. The van der Waals surface area contributed by atoms with Crippen LogP contribution in [-0.2, 0) is 19.6 Å². The smallest absolute Gasteiger partial charge is 0.414 e. The first-order chi connectivity index (χ1) is 18.2. The first-order valence-electron chi connectivity index (χ1n) is 11.8. The molecule has 1 unspecified atom stereocenters. The monoisotopic (exact) mass is 542 g/mol. The van der Waals surface area contributed by atoms with Crippen LogP contribution in [0.2, 0.25) is 0 Å². The average Bonchev–Trinajstić information content (AvgIpc) is 3.11. The molecule has 2 heterocycles. The lowest BCUT2D eigenvalue weighted by Gasteiger charge is -2.27. The molecule has 0 spiro atoms. The summed E-state index contributed by atoms with van der Waals surface area (Å²) in [5, 5.41) is 20.3. The minimum absolute atomic E-state index is 0.102. The van der Waals surface area contributed by atoms with Crippen LogP contribution in [0, 0.1) is 0 Å². The fraction of sp³-hybridized carbons (Fsp3) is 0.269. The fourth-order valence-electron chi connectivity index (χ4n) is 4.16. The van der Waals surface area contributed by atoms with Gasteiger partial charge in [-0.1, -0.05) is 42.5 Å². The van der Waals surface area contributed by atoms with E-state index in [-0.39, 0.29) is 23.1 Å². The van der Waals surface area contributed by atoms with Crippen molar-refractivity contribution in [2.75, 3.05) is 26.2 Å². The van der Waals surface area contributed by atoms with Crippen LogP contribution in [-0.4, -0.2) is 73.1 Å². The Labute approximate surface area is 218 Å². The second-order valence-electron chi connectivity index (χ2n) is 8.56. The summed E-state index contributed by atoms with van der Waals surface area (Å²) in [5.74, 6) is -2.55. The molecule has 5 rings (SSSR count). The largest absolute Gasteiger partial charge is 0.486 e. The maximum Gasteiger partial charge on any atom is 0.414 e. The molecule has 1 atom stereocenters. The molecule has 0 saturated carbocycles. The number of rotatable bonds is 7. The van der Waals surface area contributed by atoms with Crippen LogP contribution in [0.15, 0.2) is 65.6 Å². The van der Waals surface area contributed by atoms with E-state index >= 15 is 0 Å². The Hall–Kier alpha value is -4.16. The third kappa shape index (κ3) is 5.71. The highest BCUT2D eigenvalue weighted by molar-refractivity contribution is 7.90. The summed E-state index contributed by atoms with van der Waals surface area (Å²) >= 11 is 0. The maximum absolute atomic E-state index is 12.6. The second kappa shape index (κ2) is 11.5. The van der Waals surface area contributed by atoms with Crippen LogP contribution >= 0.6 is 0 Å². The van der Waals surface area contributed by atoms with Crippen LogP contribution in [0.25, 0.3) is 10.8 Å². The number of carbonyl (C=O) groups is 3. The van der Waals surface area contributed by atoms with E-state index in [2.05, 4.69) is 5.32 Å². The normalized spacial score (nSPS) is 16.9. The van der Waals surface area contributed by atoms with Crippen molar-refractivity contribution in [3.05, 3.63) is 66.2 Å². The van der Waals surface area contributed by atoms with Crippen molar-refractivity contribution in [1.82, 2.24) is 9.62 Å². The number of ether oxygens (including phenoxy) is 2. The zero-order valence-corrected chi connectivity index (χ0v) is 21.0. The number of carboxylic acids is 2. The Morgan fingerprint density at radius 3 is 2.42 bits per heavy atom. The van der Waals surface area contributed by atoms with Crippen molar-refractivity contribution in [3.8, 4) is 11.5 Å². The molecule has 0 aromatic heterocycles. The van der Waals surface area contributed by atoms with Gasteiger partial charge in [0.15, 0.2) is 11.5 Å². The molecule has 200 valence electrons. The quantitative estimate of drug-likeness (QED) is 0.299. The highest BCUT2D eigenvalue weighted by Crippen LogP contribution is 2.38. The lowest BCUT2D eigenvalue weighted by atomic mass is 10.1. The summed E-state index contributed by atoms with van der Waals surface area (Å²) in [6.07, 6.45) is 1.22. The number of nitrogens with zero attached hydrogens (tertiary/aromatic N) is 1. The van der Waals surface area contributed by atoms with E-state index in [9.17, 15) is 13.2 Å². The number of hydrogen-bond donors (Lipinski definition) is 3. The lowest BCUT2D eigenvalue weighted by Crippen LogP contribution is -2.39. The number of hydrogen-bond acceptors (Lipinski definition) is 8. The van der Waals surface area contributed by atoms with Crippen molar-refractivity contribution in [1.29, 1.82) is 0 Å². The van der Waals surface area contributed by atoms with Crippen molar-refractivity contribution < 1.29 is 42.5 Å². The lowest BCUT2D eigenvalue weighted by molar-refractivity contribution is -0.159. The molecule has 12 heteroatoms. The summed E-state index contributed by atoms with van der Waals surface area (Å²) in [6, 6.07) is 18.4. The number of benzene rings is 3. The molecule has 11 nitrogen and oxygen atoms in total. The summed E-state index contributed by atoms with van der Waals surface area (Å²) < 4.78 is 38.2. The Bertz CT molecular complexity index is 1460. The number of carbonyl (C=O) groups excluding carboxylic acids is 1. The van der Waals surface area contributed by atoms with E-state index in [4.69, 9.17) is 29.3 Å². The summed E-state index contributed by atoms with van der Waals surface area (Å²) in [6.45, 7) is 1.96. The number of carboxylic acid groups (broad SMARTS) is 2. The van der Waals surface area contributed by atoms with Gasteiger partial charge in [0, 0.05) is 18.5 Å². The van der Waals surface area contributed by atoms with E-state index in [1.165, 1.54) is 6.07 Å². The molecule has 2 aliphatic rings. The van der Waals surface area contributed by atoms with Crippen molar-refractivity contribution >= 4 is 38.6 Å². The van der Waals surface area contributed by atoms with Gasteiger partial charge < -0.3 is 25.0 Å². The minimum Gasteiger partial charge on any atom is -0.486 e. The third-order valence-corrected chi connectivity index (χ3v) is 7.82. The first-order valence-corrected chi connectivity index (χ1v) is 13.3. The van der Waals surface area contributed by atoms with E-state index in [0.717, 1.165) is 33.0 Å². The van der Waals surface area contributed by atoms with Gasteiger partial charge in [-0.15, -0.1) is 0 Å². The van der Waals surface area contributed by atoms with E-state index in [1.54, 1.807) is 18.2 Å². The summed E-state index contributed by atoms with van der Waals surface area (Å²) in [4.78, 5) is 30.7. The third-order valence-electron chi connectivity index (χ3n) is 5.98. The van der Waals surface area contributed by atoms with E-state index in [0.29, 0.717) is 26.1 Å². The van der Waals surface area contributed by atoms with Crippen molar-refractivity contribution in [2.45, 2.75) is 23.8 Å². The number of sulfonamides is 1. The fourth-order valence-corrected chi connectivity index (χ4v) is 5.77. The Morgan fingerprint density at radius 2 is 1.68 bits per heavy atom. The van der Waals surface area contributed by atoms with Gasteiger partial charge in [0.1, 0.15) is 17.6 Å². The minimum atomic E-state index is -3.72. The van der Waals surface area contributed by atoms with Crippen molar-refractivity contribution in [2.24, 2.45) is 0 Å². The summed E-state index contributed by atoms with van der Waals surface area (Å²) in [7, 11) is -3.72. The number of nitrogens with one attached hydrogen (secondary N) is 1. The molecule has 3 N–H and O–H groups in total. The SMILES string of the molecule is O=C(O)C(=O)O.O=C1c2ccccc2S(=O)(=O)N1CCCCNCC1COc2ccc3ccccc3c2O1. The van der Waals surface area contributed by atoms with Gasteiger partial charge in [-0.25, -0.2) is 22.3 Å². The molecule has 3 aromatic rings. The van der Waals surface area contributed by atoms with Crippen LogP contribution in [0.3, 0.4) is 0 Å². The highest BCUT2D eigenvalue weighted by Gasteiger charge is 2.40. The predicted octanol–water partition coefficient (Wildman–Crippen LogP) is 2.35. The molecule has 0 fully saturated rings. The number of fused-ring (bicyclic) bond motifs is 4. The standard InChI is InChI=1S/C24H24N2O5S.C2H2O4/c27-24-20-9-3-4-10-22(20)32(28,29)26(24)14-6-5-13-25-15-18-16-30-21-12-11-17-7-1-2-8-19(17)23(21)31-18;3-1(4)2(5)6/h1-4,7-12,18,25H,5-6,13-16H2;(H,3,4)(H,5,6). The van der Waals surface area contributed by atoms with Gasteiger partial charge in [0.25, 0.3) is 15.9 Å². The highest BCUT2D eigenvalue weighted by atomic mass is 32.2. The molecule has 2 aliphatic heterocycles. The Balaban J connectivity index is 0.000000505. The van der Waals surface area contributed by atoms with Gasteiger partial charge in [0.2, 0.25) is 0 Å². The first kappa shape index (κ1) is 26.9. The van der Waals surface area contributed by atoms with E-state index in [1.807, 2.05) is 36.4 Å². The summed E-state index contributed by atoms with van der Waals surface area (Å²) in [5.41, 5.74) is 0.257. The van der Waals surface area contributed by atoms with Gasteiger partial charge in [-0.3, -0.25) is 4.79 Å². The predicted molar refractivity (Wildman–Crippen MR) is 136 cm³/mol. The maximum atomic E-state index is 12.6. The molecule has 0 radical (unpaired) electrons. The zero-order chi connectivity index (χ0) is 27.3. The van der Waals surface area contributed by atoms with Gasteiger partial charge in [-0.2, -0.15) is 0 Å². The molecule has 0 saturated heterocycles. The van der Waals surface area contributed by atoms with Gasteiger partial charge in [-0.05, 0) is 43.0 Å². The van der Waals surface area contributed by atoms with Crippen molar-refractivity contribution in [3.63, 3.8) is 0 Å². The van der Waals surface area contributed by atoms with Crippen LogP contribution in [0.1, 0.15) is 23.2 Å². The molecular weight excluding hydrogens is 516 g/mol. The average molecular weight is 543 g/mol. The molecule has 3 aromatic carbocycles.